The molecule has 2 aliphatic heterocycles. The van der Waals surface area contributed by atoms with E-state index in [1.54, 1.807) is 12.5 Å². The monoisotopic (exact) mass is 412 g/mol. The van der Waals surface area contributed by atoms with Crippen LogP contribution in [-0.2, 0) is 14.2 Å². The lowest BCUT2D eigenvalue weighted by Gasteiger charge is -2.61. The third-order valence-corrected chi connectivity index (χ3v) is 8.89. The molecule has 0 radical (unpaired) electrons. The lowest BCUT2D eigenvalue weighted by Crippen LogP contribution is -2.60. The van der Waals surface area contributed by atoms with E-state index in [1.165, 1.54) is 24.0 Å². The molecule has 0 unspecified atom stereocenters. The average molecular weight is 413 g/mol. The van der Waals surface area contributed by atoms with Crippen molar-refractivity contribution in [3.63, 3.8) is 0 Å². The summed E-state index contributed by atoms with van der Waals surface area (Å²) in [7, 11) is 0. The highest BCUT2D eigenvalue weighted by molar-refractivity contribution is 5.23. The number of hydrogen-bond acceptors (Lipinski definition) is 4. The highest BCUT2D eigenvalue weighted by Gasteiger charge is 2.63. The summed E-state index contributed by atoms with van der Waals surface area (Å²) in [4.78, 5) is 0. The first-order valence-corrected chi connectivity index (χ1v) is 11.7. The largest absolute Gasteiger partial charge is 0.472 e. The van der Waals surface area contributed by atoms with Crippen LogP contribution in [0.2, 0.25) is 0 Å². The maximum atomic E-state index is 6.33. The van der Waals surface area contributed by atoms with E-state index in [2.05, 4.69) is 26.5 Å². The first-order chi connectivity index (χ1) is 14.5. The van der Waals surface area contributed by atoms with Crippen LogP contribution in [0.25, 0.3) is 0 Å². The average Bonchev–Trinajstić information content (AvgIpc) is 3.45. The topological polar surface area (TPSA) is 40.8 Å². The molecule has 4 nitrogen and oxygen atoms in total. The van der Waals surface area contributed by atoms with Crippen LogP contribution in [0.3, 0.4) is 0 Å². The minimum atomic E-state index is -0.372. The highest BCUT2D eigenvalue weighted by atomic mass is 16.7. The van der Waals surface area contributed by atoms with E-state index in [0.29, 0.717) is 5.92 Å². The van der Waals surface area contributed by atoms with Gasteiger partial charge in [0.15, 0.2) is 5.79 Å². The molecule has 1 saturated heterocycles. The van der Waals surface area contributed by atoms with Crippen molar-refractivity contribution >= 4 is 0 Å². The minimum absolute atomic E-state index is 0.0709. The summed E-state index contributed by atoms with van der Waals surface area (Å²) in [6.07, 6.45) is 14.9. The molecule has 164 valence electrons. The van der Waals surface area contributed by atoms with Crippen molar-refractivity contribution < 1.29 is 18.6 Å². The van der Waals surface area contributed by atoms with Gasteiger partial charge in [-0.15, -0.1) is 0 Å². The summed E-state index contributed by atoms with van der Waals surface area (Å²) in [5.74, 6) is 0.185. The van der Waals surface area contributed by atoms with E-state index < -0.39 is 0 Å². The Labute approximate surface area is 180 Å². The molecule has 0 aromatic carbocycles. The Kier molecular flexibility index (Phi) is 5.24. The van der Waals surface area contributed by atoms with Gasteiger partial charge in [-0.05, 0) is 67.9 Å². The van der Waals surface area contributed by atoms with Crippen LogP contribution in [0.5, 0.6) is 0 Å². The van der Waals surface area contributed by atoms with Crippen LogP contribution in [0.15, 0.2) is 46.8 Å². The van der Waals surface area contributed by atoms with E-state index >= 15 is 0 Å². The number of rotatable bonds is 4. The Morgan fingerprint density at radius 3 is 2.70 bits per heavy atom. The number of allylic oxidation sites excluding steroid dienone is 1. The van der Waals surface area contributed by atoms with E-state index in [9.17, 15) is 0 Å². The van der Waals surface area contributed by atoms with Gasteiger partial charge in [0.25, 0.3) is 0 Å². The molecule has 5 rings (SSSR count). The molecule has 0 N–H and O–H groups in total. The third kappa shape index (κ3) is 3.14. The van der Waals surface area contributed by atoms with Crippen molar-refractivity contribution in [3.05, 3.63) is 48.0 Å². The van der Waals surface area contributed by atoms with Crippen LogP contribution in [0, 0.1) is 16.7 Å². The lowest BCUT2D eigenvalue weighted by molar-refractivity contribution is -0.286. The maximum absolute atomic E-state index is 6.33. The summed E-state index contributed by atoms with van der Waals surface area (Å²) in [6.45, 7) is 11.7. The fourth-order valence-electron chi connectivity index (χ4n) is 6.91. The van der Waals surface area contributed by atoms with Crippen molar-refractivity contribution in [2.45, 2.75) is 77.1 Å². The number of fused-ring (bicyclic) bond motifs is 2. The van der Waals surface area contributed by atoms with Crippen LogP contribution >= 0.6 is 0 Å². The predicted octanol–water partition coefficient (Wildman–Crippen LogP) is 6.35. The van der Waals surface area contributed by atoms with Crippen molar-refractivity contribution in [2.24, 2.45) is 16.7 Å². The number of furan rings is 1. The summed E-state index contributed by atoms with van der Waals surface area (Å²) < 4.78 is 24.0. The SMILES string of the molecule is C=C1CC[C@]2(C)[C@H](CCCC23OCCO3)[C@@]1(C)CCC1=CC[C@@H](c2ccoc2)OC1. The molecular formula is C26H36O4. The molecule has 1 spiro atoms. The normalized spacial score (nSPS) is 38.5. The fraction of sp³-hybridized carbons (Fsp3) is 0.692. The second-order valence-corrected chi connectivity index (χ2v) is 10.3. The predicted molar refractivity (Wildman–Crippen MR) is 116 cm³/mol. The van der Waals surface area contributed by atoms with Crippen LogP contribution in [-0.4, -0.2) is 25.6 Å². The fourth-order valence-corrected chi connectivity index (χ4v) is 6.91. The second-order valence-electron chi connectivity index (χ2n) is 10.3. The molecule has 1 aromatic heterocycles. The summed E-state index contributed by atoms with van der Waals surface area (Å²) in [5, 5.41) is 0. The van der Waals surface area contributed by atoms with Gasteiger partial charge in [0.2, 0.25) is 0 Å². The van der Waals surface area contributed by atoms with Gasteiger partial charge in [-0.3, -0.25) is 0 Å². The molecule has 3 fully saturated rings. The summed E-state index contributed by atoms with van der Waals surface area (Å²) in [5.41, 5.74) is 4.18. The van der Waals surface area contributed by atoms with Gasteiger partial charge >= 0.3 is 0 Å². The lowest BCUT2D eigenvalue weighted by atomic mass is 9.47. The Hall–Kier alpha value is -1.36. The Bertz CT molecular complexity index is 803. The quantitative estimate of drug-likeness (QED) is 0.540. The molecule has 30 heavy (non-hydrogen) atoms. The van der Waals surface area contributed by atoms with Crippen LogP contribution in [0.4, 0.5) is 0 Å². The molecule has 1 aromatic rings. The zero-order chi connectivity index (χ0) is 20.8. The van der Waals surface area contributed by atoms with Crippen molar-refractivity contribution in [3.8, 4) is 0 Å². The van der Waals surface area contributed by atoms with Crippen molar-refractivity contribution in [2.75, 3.05) is 19.8 Å². The Balaban J connectivity index is 1.31. The van der Waals surface area contributed by atoms with Crippen LogP contribution < -0.4 is 0 Å². The highest BCUT2D eigenvalue weighted by Crippen LogP contribution is 2.65. The van der Waals surface area contributed by atoms with Gasteiger partial charge < -0.3 is 18.6 Å². The molecular weight excluding hydrogens is 376 g/mol. The smallest absolute Gasteiger partial charge is 0.174 e. The first kappa shape index (κ1) is 20.5. The zero-order valence-electron chi connectivity index (χ0n) is 18.6. The molecule has 4 aliphatic rings. The maximum Gasteiger partial charge on any atom is 0.174 e. The van der Waals surface area contributed by atoms with Gasteiger partial charge in [-0.25, -0.2) is 0 Å². The summed E-state index contributed by atoms with van der Waals surface area (Å²) in [6, 6.07) is 2.00. The zero-order valence-corrected chi connectivity index (χ0v) is 18.6. The number of hydrogen-bond donors (Lipinski definition) is 0. The van der Waals surface area contributed by atoms with Crippen molar-refractivity contribution in [1.29, 1.82) is 0 Å². The molecule has 4 heteroatoms. The van der Waals surface area contributed by atoms with E-state index in [-0.39, 0.29) is 22.7 Å². The third-order valence-electron chi connectivity index (χ3n) is 8.89. The molecule has 2 aliphatic carbocycles. The van der Waals surface area contributed by atoms with Gasteiger partial charge in [-0.1, -0.05) is 32.1 Å². The van der Waals surface area contributed by atoms with Crippen LogP contribution in [0.1, 0.15) is 76.9 Å². The molecule has 0 amide bonds. The Morgan fingerprint density at radius 2 is 2.00 bits per heavy atom. The van der Waals surface area contributed by atoms with Gasteiger partial charge in [0.05, 0.1) is 38.5 Å². The first-order valence-electron chi connectivity index (χ1n) is 11.7. The van der Waals surface area contributed by atoms with Gasteiger partial charge in [-0.2, -0.15) is 0 Å². The van der Waals surface area contributed by atoms with Gasteiger partial charge in [0, 0.05) is 17.4 Å². The molecule has 2 saturated carbocycles. The molecule has 3 heterocycles. The van der Waals surface area contributed by atoms with E-state index in [0.717, 1.165) is 63.9 Å². The Morgan fingerprint density at radius 1 is 1.17 bits per heavy atom. The molecule has 0 bridgehead atoms. The van der Waals surface area contributed by atoms with E-state index in [1.807, 2.05) is 6.07 Å². The standard InChI is InChI=1S/C26H36O4/c1-19-8-13-25(3)23(5-4-11-26(25)29-15-16-30-26)24(19,2)12-9-20-6-7-22(28-17-20)21-10-14-27-18-21/h6,10,14,18,22-23H,1,4-5,7-9,11-13,15-17H2,2-3H3/t22-,23+,24-,25+/m0/s1. The number of ether oxygens (including phenoxy) is 3. The molecule has 4 atom stereocenters. The van der Waals surface area contributed by atoms with Crippen molar-refractivity contribution in [1.82, 2.24) is 0 Å². The summed E-state index contributed by atoms with van der Waals surface area (Å²) >= 11 is 0. The van der Waals surface area contributed by atoms with E-state index in [4.69, 9.17) is 18.6 Å². The van der Waals surface area contributed by atoms with Gasteiger partial charge in [0.1, 0.15) is 0 Å². The minimum Gasteiger partial charge on any atom is -0.472 e. The second kappa shape index (κ2) is 7.65.